The third kappa shape index (κ3) is 4.90. The zero-order chi connectivity index (χ0) is 20.8. The number of rotatable bonds is 7. The third-order valence-electron chi connectivity index (χ3n) is 4.59. The van der Waals surface area contributed by atoms with Crippen LogP contribution in [0, 0.1) is 19.3 Å². The van der Waals surface area contributed by atoms with Crippen LogP contribution in [0.15, 0.2) is 41.4 Å². The van der Waals surface area contributed by atoms with Gasteiger partial charge in [-0.3, -0.25) is 4.79 Å². The summed E-state index contributed by atoms with van der Waals surface area (Å²) in [5, 5.41) is 0.661. The highest BCUT2D eigenvalue weighted by Gasteiger charge is 2.12. The van der Waals surface area contributed by atoms with Crippen LogP contribution >= 0.6 is 22.9 Å². The molecule has 29 heavy (non-hydrogen) atoms. The molecule has 0 saturated carbocycles. The molecule has 0 saturated heterocycles. The number of hydrogen-bond acceptors (Lipinski definition) is 3. The highest BCUT2D eigenvalue weighted by Crippen LogP contribution is 2.27. The second-order valence-electron chi connectivity index (χ2n) is 6.69. The van der Waals surface area contributed by atoms with Crippen LogP contribution in [0.4, 0.5) is 0 Å². The average molecular weight is 427 g/mol. The van der Waals surface area contributed by atoms with Crippen molar-refractivity contribution in [3.63, 3.8) is 0 Å². The van der Waals surface area contributed by atoms with E-state index in [1.807, 2.05) is 23.6 Å². The minimum Gasteiger partial charge on any atom is -0.494 e. The van der Waals surface area contributed by atoms with E-state index in [0.717, 1.165) is 40.8 Å². The Labute approximate surface area is 179 Å². The van der Waals surface area contributed by atoms with E-state index in [9.17, 15) is 4.79 Å². The highest BCUT2D eigenvalue weighted by atomic mass is 35.5. The van der Waals surface area contributed by atoms with Gasteiger partial charge in [0.1, 0.15) is 5.75 Å². The number of thiazole rings is 1. The lowest BCUT2D eigenvalue weighted by Crippen LogP contribution is -2.17. The van der Waals surface area contributed by atoms with E-state index >= 15 is 0 Å². The molecule has 2 aromatic carbocycles. The predicted molar refractivity (Wildman–Crippen MR) is 120 cm³/mol. The summed E-state index contributed by atoms with van der Waals surface area (Å²) in [7, 11) is 0. The number of ether oxygens (including phenoxy) is 1. The minimum absolute atomic E-state index is 0.316. The number of aryl methyl sites for hydroxylation is 1. The summed E-state index contributed by atoms with van der Waals surface area (Å²) in [6, 6.07) is 10.9. The standard InChI is InChI=1S/C23H23ClN2O2S/c1-4-6-7-15-28-18-10-8-17(9-11-18)22(27)25-23-26(14-5-2)21-16(3)19(24)12-13-20(21)29-23/h2,8-13H,4,6-7,14-15H2,1,3H3. The molecular weight excluding hydrogens is 404 g/mol. The summed E-state index contributed by atoms with van der Waals surface area (Å²) in [5.41, 5.74) is 2.35. The van der Waals surface area contributed by atoms with Gasteiger partial charge in [-0.05, 0) is 55.3 Å². The lowest BCUT2D eigenvalue weighted by Gasteiger charge is -2.06. The Hall–Kier alpha value is -2.55. The van der Waals surface area contributed by atoms with E-state index in [1.54, 1.807) is 24.3 Å². The number of nitrogens with zero attached hydrogens (tertiary/aromatic N) is 2. The lowest BCUT2D eigenvalue weighted by atomic mass is 10.2. The molecule has 3 rings (SSSR count). The number of carbonyl (C=O) groups is 1. The molecule has 0 atom stereocenters. The first-order chi connectivity index (χ1) is 14.0. The highest BCUT2D eigenvalue weighted by molar-refractivity contribution is 7.16. The second-order valence-corrected chi connectivity index (χ2v) is 8.11. The summed E-state index contributed by atoms with van der Waals surface area (Å²) < 4.78 is 8.55. The molecule has 0 fully saturated rings. The molecule has 0 N–H and O–H groups in total. The molecule has 1 amide bonds. The number of hydrogen-bond donors (Lipinski definition) is 0. The quantitative estimate of drug-likeness (QED) is 0.364. The Bertz CT molecular complexity index is 1120. The Morgan fingerprint density at radius 3 is 2.69 bits per heavy atom. The van der Waals surface area contributed by atoms with Crippen molar-refractivity contribution >= 4 is 39.1 Å². The summed E-state index contributed by atoms with van der Waals surface area (Å²) in [5.74, 6) is 3.08. The monoisotopic (exact) mass is 426 g/mol. The molecule has 3 aromatic rings. The number of amides is 1. The fourth-order valence-corrected chi connectivity index (χ4v) is 4.27. The first-order valence-electron chi connectivity index (χ1n) is 9.59. The molecule has 0 unspecified atom stereocenters. The Balaban J connectivity index is 1.89. The zero-order valence-corrected chi connectivity index (χ0v) is 18.1. The topological polar surface area (TPSA) is 43.6 Å². The van der Waals surface area contributed by atoms with Crippen LogP contribution in [-0.4, -0.2) is 17.1 Å². The number of carbonyl (C=O) groups excluding carboxylic acids is 1. The van der Waals surface area contributed by atoms with Crippen molar-refractivity contribution in [3.8, 4) is 18.1 Å². The summed E-state index contributed by atoms with van der Waals surface area (Å²) in [4.78, 5) is 17.6. The smallest absolute Gasteiger partial charge is 0.279 e. The van der Waals surface area contributed by atoms with Crippen LogP contribution in [0.5, 0.6) is 5.75 Å². The molecule has 4 nitrogen and oxygen atoms in total. The van der Waals surface area contributed by atoms with E-state index < -0.39 is 0 Å². The van der Waals surface area contributed by atoms with Gasteiger partial charge in [0.05, 0.1) is 23.4 Å². The van der Waals surface area contributed by atoms with Gasteiger partial charge in [0.25, 0.3) is 5.91 Å². The molecule has 0 aliphatic carbocycles. The van der Waals surface area contributed by atoms with Crippen molar-refractivity contribution in [2.75, 3.05) is 6.61 Å². The molecule has 6 heteroatoms. The molecule has 0 aliphatic heterocycles. The Morgan fingerprint density at radius 1 is 1.24 bits per heavy atom. The zero-order valence-electron chi connectivity index (χ0n) is 16.6. The SMILES string of the molecule is C#CCn1c(=NC(=O)c2ccc(OCCCCC)cc2)sc2ccc(Cl)c(C)c21. The van der Waals surface area contributed by atoms with Gasteiger partial charge in [-0.25, -0.2) is 0 Å². The fraction of sp³-hybridized carbons (Fsp3) is 0.304. The number of benzene rings is 2. The van der Waals surface area contributed by atoms with Crippen molar-refractivity contribution in [1.82, 2.24) is 4.57 Å². The Morgan fingerprint density at radius 2 is 2.00 bits per heavy atom. The van der Waals surface area contributed by atoms with Crippen LogP contribution in [0.1, 0.15) is 42.1 Å². The Kier molecular flexibility index (Phi) is 7.13. The van der Waals surface area contributed by atoms with E-state index in [2.05, 4.69) is 17.8 Å². The van der Waals surface area contributed by atoms with E-state index in [0.29, 0.717) is 28.5 Å². The van der Waals surface area contributed by atoms with Crippen LogP contribution in [-0.2, 0) is 6.54 Å². The number of halogens is 1. The summed E-state index contributed by atoms with van der Waals surface area (Å²) in [6.45, 7) is 5.10. The van der Waals surface area contributed by atoms with Gasteiger partial charge in [0, 0.05) is 10.6 Å². The summed E-state index contributed by atoms with van der Waals surface area (Å²) in [6.07, 6.45) is 8.87. The first kappa shape index (κ1) is 21.2. The van der Waals surface area contributed by atoms with Gasteiger partial charge in [-0.15, -0.1) is 6.42 Å². The van der Waals surface area contributed by atoms with Gasteiger partial charge in [0.15, 0.2) is 4.80 Å². The second kappa shape index (κ2) is 9.78. The van der Waals surface area contributed by atoms with Gasteiger partial charge in [-0.2, -0.15) is 4.99 Å². The van der Waals surface area contributed by atoms with Gasteiger partial charge < -0.3 is 9.30 Å². The normalized spacial score (nSPS) is 11.6. The largest absolute Gasteiger partial charge is 0.494 e. The molecule has 0 radical (unpaired) electrons. The maximum Gasteiger partial charge on any atom is 0.279 e. The number of terminal acetylenes is 1. The van der Waals surface area contributed by atoms with Crippen LogP contribution in [0.2, 0.25) is 5.02 Å². The maximum absolute atomic E-state index is 12.7. The van der Waals surface area contributed by atoms with E-state index in [-0.39, 0.29) is 5.91 Å². The van der Waals surface area contributed by atoms with E-state index in [4.69, 9.17) is 22.8 Å². The van der Waals surface area contributed by atoms with Gasteiger partial charge in [0.2, 0.25) is 0 Å². The van der Waals surface area contributed by atoms with Crippen molar-refractivity contribution < 1.29 is 9.53 Å². The number of fused-ring (bicyclic) bond motifs is 1. The fourth-order valence-electron chi connectivity index (χ4n) is 3.03. The van der Waals surface area contributed by atoms with E-state index in [1.165, 1.54) is 11.3 Å². The molecule has 1 aromatic heterocycles. The van der Waals surface area contributed by atoms with Crippen molar-refractivity contribution in [1.29, 1.82) is 0 Å². The summed E-state index contributed by atoms with van der Waals surface area (Å²) >= 11 is 7.69. The molecular formula is C23H23ClN2O2S. The van der Waals surface area contributed by atoms with Crippen LogP contribution < -0.4 is 9.54 Å². The first-order valence-corrected chi connectivity index (χ1v) is 10.8. The molecule has 150 valence electrons. The predicted octanol–water partition coefficient (Wildman–Crippen LogP) is 5.61. The average Bonchev–Trinajstić information content (AvgIpc) is 3.06. The lowest BCUT2D eigenvalue weighted by molar-refractivity contribution is 0.0998. The number of aromatic nitrogens is 1. The van der Waals surface area contributed by atoms with Crippen molar-refractivity contribution in [3.05, 3.63) is 57.3 Å². The van der Waals surface area contributed by atoms with Gasteiger partial charge >= 0.3 is 0 Å². The van der Waals surface area contributed by atoms with Crippen molar-refractivity contribution in [2.45, 2.75) is 39.7 Å². The maximum atomic E-state index is 12.7. The molecule has 0 spiro atoms. The molecule has 0 bridgehead atoms. The number of unbranched alkanes of at least 4 members (excludes halogenated alkanes) is 2. The van der Waals surface area contributed by atoms with Crippen LogP contribution in [0.3, 0.4) is 0 Å². The van der Waals surface area contributed by atoms with Crippen LogP contribution in [0.25, 0.3) is 10.2 Å². The minimum atomic E-state index is -0.316. The van der Waals surface area contributed by atoms with Crippen molar-refractivity contribution in [2.24, 2.45) is 4.99 Å². The molecule has 0 aliphatic rings. The third-order valence-corrected chi connectivity index (χ3v) is 6.05. The molecule has 1 heterocycles. The van der Waals surface area contributed by atoms with Gasteiger partial charge in [-0.1, -0.05) is 48.6 Å².